The Morgan fingerprint density at radius 1 is 1.14 bits per heavy atom. The number of hydrogen-bond acceptors (Lipinski definition) is 3. The van der Waals surface area contributed by atoms with E-state index in [2.05, 4.69) is 22.3 Å². The molecule has 1 fully saturated rings. The molecule has 0 saturated carbocycles. The first-order valence-corrected chi connectivity index (χ1v) is 10.1. The summed E-state index contributed by atoms with van der Waals surface area (Å²) in [6, 6.07) is 10.2. The van der Waals surface area contributed by atoms with Gasteiger partial charge in [0, 0.05) is 54.8 Å². The summed E-state index contributed by atoms with van der Waals surface area (Å²) < 4.78 is 0. The lowest BCUT2D eigenvalue weighted by Gasteiger charge is -2.32. The largest absolute Gasteiger partial charge is 0.342 e. The number of aromatic amines is 1. The van der Waals surface area contributed by atoms with Gasteiger partial charge in [-0.2, -0.15) is 5.10 Å². The first-order chi connectivity index (χ1) is 13.3. The Labute approximate surface area is 165 Å². The van der Waals surface area contributed by atoms with Crippen molar-refractivity contribution in [3.8, 4) is 11.3 Å². The lowest BCUT2D eigenvalue weighted by atomic mass is 10.0. The van der Waals surface area contributed by atoms with E-state index in [0.717, 1.165) is 29.8 Å². The first-order valence-electron chi connectivity index (χ1n) is 10.1. The van der Waals surface area contributed by atoms with Gasteiger partial charge in [0.05, 0.1) is 11.6 Å². The molecule has 0 bridgehead atoms. The Morgan fingerprint density at radius 2 is 1.86 bits per heavy atom. The zero-order valence-corrected chi connectivity index (χ0v) is 16.9. The predicted octanol–water partition coefficient (Wildman–Crippen LogP) is 2.65. The highest BCUT2D eigenvalue weighted by molar-refractivity contribution is 5.89. The molecule has 1 N–H and O–H groups in total. The number of fused-ring (bicyclic) bond motifs is 1. The minimum atomic E-state index is -0.238. The molecule has 0 radical (unpaired) electrons. The van der Waals surface area contributed by atoms with Gasteiger partial charge in [-0.25, -0.2) is 0 Å². The van der Waals surface area contributed by atoms with Gasteiger partial charge < -0.3 is 9.80 Å². The highest BCUT2D eigenvalue weighted by Crippen LogP contribution is 2.29. The molecular formula is C22H28N4O2. The van der Waals surface area contributed by atoms with Gasteiger partial charge in [-0.3, -0.25) is 14.7 Å². The summed E-state index contributed by atoms with van der Waals surface area (Å²) in [5, 5.41) is 7.70. The zero-order chi connectivity index (χ0) is 19.9. The average molecular weight is 380 g/mol. The number of H-pyrrole nitrogens is 1. The Kier molecular flexibility index (Phi) is 4.73. The molecule has 2 amide bonds. The van der Waals surface area contributed by atoms with Crippen LogP contribution in [0.2, 0.25) is 0 Å². The van der Waals surface area contributed by atoms with Crippen LogP contribution in [0.4, 0.5) is 0 Å². The second-order valence-corrected chi connectivity index (χ2v) is 8.80. The van der Waals surface area contributed by atoms with E-state index >= 15 is 0 Å². The van der Waals surface area contributed by atoms with Crippen molar-refractivity contribution in [2.45, 2.75) is 45.6 Å². The molecule has 6 heteroatoms. The SMILES string of the molecule is CC(C)(C)N1CC(C(=O)N2CCc3[nH]nc(-c4ccccc4)c3CC2)CC1=O. The number of likely N-dealkylation sites (tertiary alicyclic amines) is 1. The van der Waals surface area contributed by atoms with Crippen LogP contribution in [-0.4, -0.2) is 57.0 Å². The van der Waals surface area contributed by atoms with Crippen molar-refractivity contribution in [2.75, 3.05) is 19.6 Å². The third-order valence-corrected chi connectivity index (χ3v) is 5.86. The van der Waals surface area contributed by atoms with Gasteiger partial charge in [0.1, 0.15) is 0 Å². The molecule has 1 aromatic heterocycles. The van der Waals surface area contributed by atoms with E-state index in [0.29, 0.717) is 26.1 Å². The van der Waals surface area contributed by atoms with Gasteiger partial charge in [0.2, 0.25) is 11.8 Å². The molecule has 2 aliphatic rings. The fourth-order valence-electron chi connectivity index (χ4n) is 4.32. The van der Waals surface area contributed by atoms with Gasteiger partial charge in [-0.15, -0.1) is 0 Å². The van der Waals surface area contributed by atoms with Gasteiger partial charge in [-0.05, 0) is 27.2 Å². The van der Waals surface area contributed by atoms with Crippen molar-refractivity contribution < 1.29 is 9.59 Å². The van der Waals surface area contributed by atoms with Crippen molar-refractivity contribution in [2.24, 2.45) is 5.92 Å². The van der Waals surface area contributed by atoms with Crippen molar-refractivity contribution in [1.29, 1.82) is 0 Å². The molecule has 1 atom stereocenters. The lowest BCUT2D eigenvalue weighted by Crippen LogP contribution is -2.44. The second-order valence-electron chi connectivity index (χ2n) is 8.80. The van der Waals surface area contributed by atoms with Gasteiger partial charge in [0.15, 0.2) is 0 Å². The molecule has 2 aliphatic heterocycles. The van der Waals surface area contributed by atoms with E-state index in [1.165, 1.54) is 5.56 Å². The molecule has 28 heavy (non-hydrogen) atoms. The summed E-state index contributed by atoms with van der Waals surface area (Å²) in [6.07, 6.45) is 1.88. The number of amides is 2. The number of hydrogen-bond donors (Lipinski definition) is 1. The van der Waals surface area contributed by atoms with E-state index in [-0.39, 0.29) is 23.3 Å². The molecule has 4 rings (SSSR count). The van der Waals surface area contributed by atoms with Crippen molar-refractivity contribution in [3.05, 3.63) is 41.6 Å². The number of carbonyl (C=O) groups excluding carboxylic acids is 2. The third kappa shape index (κ3) is 3.43. The van der Waals surface area contributed by atoms with Crippen molar-refractivity contribution in [3.63, 3.8) is 0 Å². The minimum absolute atomic E-state index is 0.0847. The third-order valence-electron chi connectivity index (χ3n) is 5.86. The number of aromatic nitrogens is 2. The van der Waals surface area contributed by atoms with Gasteiger partial charge in [0.25, 0.3) is 0 Å². The normalized spacial score (nSPS) is 20.2. The molecule has 2 aromatic rings. The van der Waals surface area contributed by atoms with E-state index in [9.17, 15) is 9.59 Å². The van der Waals surface area contributed by atoms with Crippen LogP contribution in [0, 0.1) is 5.92 Å². The number of benzene rings is 1. The Hall–Kier alpha value is -2.63. The molecule has 0 spiro atoms. The topological polar surface area (TPSA) is 69.3 Å². The molecule has 0 aliphatic carbocycles. The summed E-state index contributed by atoms with van der Waals surface area (Å²) in [5.74, 6) is -0.0317. The minimum Gasteiger partial charge on any atom is -0.342 e. The van der Waals surface area contributed by atoms with Crippen molar-refractivity contribution >= 4 is 11.8 Å². The maximum Gasteiger partial charge on any atom is 0.228 e. The second kappa shape index (κ2) is 7.08. The smallest absolute Gasteiger partial charge is 0.228 e. The standard InChI is InChI=1S/C22H28N4O2/c1-22(2,3)26-14-16(13-19(26)27)21(28)25-11-9-17-18(10-12-25)23-24-20(17)15-7-5-4-6-8-15/h4-8,16H,9-14H2,1-3H3,(H,23,24). The molecule has 6 nitrogen and oxygen atoms in total. The first kappa shape index (κ1) is 18.7. The summed E-state index contributed by atoms with van der Waals surface area (Å²) in [5.41, 5.74) is 4.17. The maximum atomic E-state index is 13.1. The van der Waals surface area contributed by atoms with E-state index < -0.39 is 0 Å². The summed E-state index contributed by atoms with van der Waals surface area (Å²) in [4.78, 5) is 29.3. The molecule has 148 valence electrons. The fourth-order valence-corrected chi connectivity index (χ4v) is 4.32. The van der Waals surface area contributed by atoms with E-state index in [1.54, 1.807) is 0 Å². The number of rotatable bonds is 2. The molecule has 1 unspecified atom stereocenters. The molecular weight excluding hydrogens is 352 g/mol. The highest BCUT2D eigenvalue weighted by Gasteiger charge is 2.41. The number of nitrogens with zero attached hydrogens (tertiary/aromatic N) is 3. The van der Waals surface area contributed by atoms with Crippen LogP contribution in [0.5, 0.6) is 0 Å². The van der Waals surface area contributed by atoms with Crippen LogP contribution in [0.3, 0.4) is 0 Å². The Morgan fingerprint density at radius 3 is 2.54 bits per heavy atom. The van der Waals surface area contributed by atoms with Crippen LogP contribution < -0.4 is 0 Å². The predicted molar refractivity (Wildman–Crippen MR) is 108 cm³/mol. The average Bonchev–Trinajstić information content (AvgIpc) is 3.19. The van der Waals surface area contributed by atoms with Crippen LogP contribution >= 0.6 is 0 Å². The lowest BCUT2D eigenvalue weighted by molar-refractivity contribution is -0.135. The Bertz CT molecular complexity index is 882. The van der Waals surface area contributed by atoms with Gasteiger partial charge >= 0.3 is 0 Å². The highest BCUT2D eigenvalue weighted by atomic mass is 16.2. The summed E-state index contributed by atoms with van der Waals surface area (Å²) in [6.45, 7) is 7.94. The zero-order valence-electron chi connectivity index (χ0n) is 16.9. The quantitative estimate of drug-likeness (QED) is 0.871. The fraction of sp³-hybridized carbons (Fsp3) is 0.500. The van der Waals surface area contributed by atoms with Gasteiger partial charge in [-0.1, -0.05) is 30.3 Å². The Balaban J connectivity index is 1.47. The molecule has 1 saturated heterocycles. The summed E-state index contributed by atoms with van der Waals surface area (Å²) in [7, 11) is 0. The number of carbonyl (C=O) groups is 2. The van der Waals surface area contributed by atoms with Crippen LogP contribution in [0.25, 0.3) is 11.3 Å². The number of nitrogens with one attached hydrogen (secondary N) is 1. The maximum absolute atomic E-state index is 13.1. The summed E-state index contributed by atoms with van der Waals surface area (Å²) >= 11 is 0. The molecule has 1 aromatic carbocycles. The monoisotopic (exact) mass is 380 g/mol. The van der Waals surface area contributed by atoms with Crippen molar-refractivity contribution in [1.82, 2.24) is 20.0 Å². The van der Waals surface area contributed by atoms with E-state index in [1.807, 2.05) is 48.8 Å². The van der Waals surface area contributed by atoms with E-state index in [4.69, 9.17) is 0 Å². The van der Waals surface area contributed by atoms with Crippen LogP contribution in [-0.2, 0) is 22.4 Å². The van der Waals surface area contributed by atoms with Crippen LogP contribution in [0.1, 0.15) is 38.4 Å². The van der Waals surface area contributed by atoms with Crippen LogP contribution in [0.15, 0.2) is 30.3 Å². The molecule has 3 heterocycles.